The van der Waals surface area contributed by atoms with Gasteiger partial charge < -0.3 is 9.84 Å². The van der Waals surface area contributed by atoms with E-state index in [1.54, 1.807) is 0 Å². The summed E-state index contributed by atoms with van der Waals surface area (Å²) in [6, 6.07) is 2.41. The molecule has 0 aliphatic heterocycles. The molecule has 0 aromatic heterocycles. The van der Waals surface area contributed by atoms with Crippen LogP contribution in [0.4, 0.5) is 5.69 Å². The van der Waals surface area contributed by atoms with E-state index in [0.717, 1.165) is 6.07 Å². The number of methoxy groups -OCH3 is 1. The number of carbonyl (C=O) groups excluding carboxylic acids is 1. The first kappa shape index (κ1) is 14.0. The van der Waals surface area contributed by atoms with Crippen LogP contribution in [-0.4, -0.2) is 23.1 Å². The minimum atomic E-state index is -0.737. The molecule has 0 radical (unpaired) electrons. The average Bonchev–Trinajstić information content (AvgIpc) is 2.32. The lowest BCUT2D eigenvalue weighted by Gasteiger charge is -2.01. The summed E-state index contributed by atoms with van der Waals surface area (Å²) in [5.74, 6) is -0.951. The van der Waals surface area contributed by atoms with Crippen molar-refractivity contribution in [2.75, 3.05) is 7.11 Å². The first-order chi connectivity index (χ1) is 8.45. The molecule has 96 valence electrons. The van der Waals surface area contributed by atoms with E-state index in [1.165, 1.54) is 25.3 Å². The number of nitro benzene ring substituents is 1. The molecule has 0 aliphatic rings. The molecule has 1 aromatic rings. The van der Waals surface area contributed by atoms with Crippen LogP contribution >= 0.6 is 11.6 Å². The monoisotopic (exact) mass is 271 g/mol. The molecule has 0 atom stereocenters. The van der Waals surface area contributed by atoms with E-state index in [9.17, 15) is 20.0 Å². The number of hydrogen-bond acceptors (Lipinski definition) is 5. The number of nitro groups is 1. The zero-order valence-electron chi connectivity index (χ0n) is 9.42. The summed E-state index contributed by atoms with van der Waals surface area (Å²) < 4.78 is 4.42. The summed E-state index contributed by atoms with van der Waals surface area (Å²) in [5.41, 5.74) is -0.321. The zero-order chi connectivity index (χ0) is 13.7. The highest BCUT2D eigenvalue weighted by Crippen LogP contribution is 2.33. The number of nitrogens with zero attached hydrogens (tertiary/aromatic N) is 1. The third-order valence-electron chi connectivity index (χ3n) is 2.09. The van der Waals surface area contributed by atoms with Gasteiger partial charge in [0.2, 0.25) is 5.75 Å². The van der Waals surface area contributed by atoms with Crippen molar-refractivity contribution in [3.8, 4) is 5.75 Å². The summed E-state index contributed by atoms with van der Waals surface area (Å²) in [6.45, 7) is 0. The molecule has 0 saturated heterocycles. The molecular weight excluding hydrogens is 262 g/mol. The summed E-state index contributed by atoms with van der Waals surface area (Å²) in [5, 5.41) is 20.4. The molecule has 1 rings (SSSR count). The SMILES string of the molecule is COC(=O)C/C=C/c1cc(Cl)cc([N+](=O)[O-])c1O. The molecule has 0 unspecified atom stereocenters. The summed E-state index contributed by atoms with van der Waals surface area (Å²) in [7, 11) is 1.25. The molecule has 1 N–H and O–H groups in total. The van der Waals surface area contributed by atoms with Crippen LogP contribution in [-0.2, 0) is 9.53 Å². The Morgan fingerprint density at radius 2 is 2.28 bits per heavy atom. The quantitative estimate of drug-likeness (QED) is 0.516. The standard InChI is InChI=1S/C11H10ClNO5/c1-18-10(14)4-2-3-7-5-8(12)6-9(11(7)15)13(16)17/h2-3,5-6,15H,4H2,1H3/b3-2+. The van der Waals surface area contributed by atoms with Crippen molar-refractivity contribution in [3.63, 3.8) is 0 Å². The fraction of sp³-hybridized carbons (Fsp3) is 0.182. The van der Waals surface area contributed by atoms with Crippen molar-refractivity contribution in [2.45, 2.75) is 6.42 Å². The molecular formula is C11H10ClNO5. The van der Waals surface area contributed by atoms with Gasteiger partial charge in [-0.15, -0.1) is 0 Å². The highest BCUT2D eigenvalue weighted by molar-refractivity contribution is 6.31. The number of carbonyl (C=O) groups is 1. The average molecular weight is 272 g/mol. The van der Waals surface area contributed by atoms with Gasteiger partial charge in [0.05, 0.1) is 18.5 Å². The van der Waals surface area contributed by atoms with Crippen LogP contribution in [0.15, 0.2) is 18.2 Å². The Bertz CT molecular complexity index is 512. The number of esters is 1. The second-order valence-electron chi connectivity index (χ2n) is 3.30. The minimum Gasteiger partial charge on any atom is -0.502 e. The zero-order valence-corrected chi connectivity index (χ0v) is 10.2. The molecule has 0 aliphatic carbocycles. The van der Waals surface area contributed by atoms with Crippen LogP contribution in [0.1, 0.15) is 12.0 Å². The smallest absolute Gasteiger partial charge is 0.312 e. The van der Waals surface area contributed by atoms with E-state index >= 15 is 0 Å². The van der Waals surface area contributed by atoms with Gasteiger partial charge in [-0.25, -0.2) is 0 Å². The van der Waals surface area contributed by atoms with Gasteiger partial charge in [-0.1, -0.05) is 23.8 Å². The molecule has 7 heteroatoms. The van der Waals surface area contributed by atoms with Gasteiger partial charge in [0, 0.05) is 16.7 Å². The van der Waals surface area contributed by atoms with Gasteiger partial charge in [-0.3, -0.25) is 14.9 Å². The highest BCUT2D eigenvalue weighted by Gasteiger charge is 2.17. The fourth-order valence-corrected chi connectivity index (χ4v) is 1.46. The van der Waals surface area contributed by atoms with Crippen LogP contribution in [0.3, 0.4) is 0 Å². The van der Waals surface area contributed by atoms with E-state index in [4.69, 9.17) is 11.6 Å². The largest absolute Gasteiger partial charge is 0.502 e. The molecule has 0 spiro atoms. The summed E-state index contributed by atoms with van der Waals surface area (Å²) in [4.78, 5) is 20.8. The number of phenols is 1. The highest BCUT2D eigenvalue weighted by atomic mass is 35.5. The van der Waals surface area contributed by atoms with Crippen LogP contribution in [0.2, 0.25) is 5.02 Å². The lowest BCUT2D eigenvalue weighted by molar-refractivity contribution is -0.385. The van der Waals surface area contributed by atoms with E-state index < -0.39 is 22.3 Å². The molecule has 0 saturated carbocycles. The fourth-order valence-electron chi connectivity index (χ4n) is 1.24. The van der Waals surface area contributed by atoms with Crippen LogP contribution in [0.25, 0.3) is 6.08 Å². The lowest BCUT2D eigenvalue weighted by atomic mass is 10.1. The summed E-state index contributed by atoms with van der Waals surface area (Å²) in [6.07, 6.45) is 2.78. The number of halogens is 1. The summed E-state index contributed by atoms with van der Waals surface area (Å²) >= 11 is 5.69. The van der Waals surface area contributed by atoms with Gasteiger partial charge >= 0.3 is 11.7 Å². The Morgan fingerprint density at radius 1 is 1.61 bits per heavy atom. The van der Waals surface area contributed by atoms with Gasteiger partial charge in [0.25, 0.3) is 0 Å². The molecule has 0 bridgehead atoms. The van der Waals surface area contributed by atoms with Crippen molar-refractivity contribution in [1.82, 2.24) is 0 Å². The Labute approximate surface area is 108 Å². The van der Waals surface area contributed by atoms with Gasteiger partial charge in [0.15, 0.2) is 0 Å². The second-order valence-corrected chi connectivity index (χ2v) is 3.74. The van der Waals surface area contributed by atoms with Crippen LogP contribution in [0, 0.1) is 10.1 Å². The van der Waals surface area contributed by atoms with Gasteiger partial charge in [-0.2, -0.15) is 0 Å². The van der Waals surface area contributed by atoms with E-state index in [0.29, 0.717) is 0 Å². The number of phenolic OH excluding ortho intramolecular Hbond substituents is 1. The number of ether oxygens (including phenoxy) is 1. The normalized spacial score (nSPS) is 10.6. The van der Waals surface area contributed by atoms with Crippen molar-refractivity contribution >= 4 is 29.3 Å². The Kier molecular flexibility index (Phi) is 4.67. The van der Waals surface area contributed by atoms with Crippen molar-refractivity contribution in [1.29, 1.82) is 0 Å². The topological polar surface area (TPSA) is 89.7 Å². The number of rotatable bonds is 4. The molecule has 0 fully saturated rings. The number of benzene rings is 1. The first-order valence-electron chi connectivity index (χ1n) is 4.86. The van der Waals surface area contributed by atoms with Crippen LogP contribution < -0.4 is 0 Å². The van der Waals surface area contributed by atoms with Gasteiger partial charge in [-0.05, 0) is 6.07 Å². The Hall–Kier alpha value is -2.08. The maximum absolute atomic E-state index is 10.9. The lowest BCUT2D eigenvalue weighted by Crippen LogP contribution is -1.96. The Balaban J connectivity index is 3.02. The third kappa shape index (κ3) is 3.46. The molecule has 6 nitrogen and oxygen atoms in total. The van der Waals surface area contributed by atoms with Gasteiger partial charge in [0.1, 0.15) is 0 Å². The molecule has 1 aromatic carbocycles. The van der Waals surface area contributed by atoms with Crippen LogP contribution in [0.5, 0.6) is 5.75 Å². The molecule has 0 heterocycles. The Morgan fingerprint density at radius 3 is 2.83 bits per heavy atom. The maximum Gasteiger partial charge on any atom is 0.312 e. The number of hydrogen-bond donors (Lipinski definition) is 1. The second kappa shape index (κ2) is 6.02. The van der Waals surface area contributed by atoms with Crippen molar-refractivity contribution in [3.05, 3.63) is 38.9 Å². The third-order valence-corrected chi connectivity index (χ3v) is 2.31. The number of aromatic hydroxyl groups is 1. The van der Waals surface area contributed by atoms with Crippen molar-refractivity contribution < 1.29 is 19.6 Å². The molecule has 0 amide bonds. The molecule has 18 heavy (non-hydrogen) atoms. The van der Waals surface area contributed by atoms with E-state index in [-0.39, 0.29) is 17.0 Å². The van der Waals surface area contributed by atoms with E-state index in [1.807, 2.05) is 0 Å². The predicted molar refractivity (Wildman–Crippen MR) is 65.4 cm³/mol. The first-order valence-corrected chi connectivity index (χ1v) is 5.23. The van der Waals surface area contributed by atoms with Crippen molar-refractivity contribution in [2.24, 2.45) is 0 Å². The maximum atomic E-state index is 10.9. The minimum absolute atomic E-state index is 0.00372. The van der Waals surface area contributed by atoms with E-state index in [2.05, 4.69) is 4.74 Å². The predicted octanol–water partition coefficient (Wildman–Crippen LogP) is 2.53.